The van der Waals surface area contributed by atoms with Crippen LogP contribution in [0.15, 0.2) is 17.1 Å². The van der Waals surface area contributed by atoms with Gasteiger partial charge in [0.25, 0.3) is 0 Å². The Kier molecular flexibility index (Phi) is 3.54. The maximum Gasteiger partial charge on any atom is 0.161 e. The fraction of sp³-hybridized carbons (Fsp3) is 0.462. The molecule has 1 heterocycles. The van der Waals surface area contributed by atoms with Gasteiger partial charge in [0.2, 0.25) is 0 Å². The zero-order chi connectivity index (χ0) is 11.5. The Balaban J connectivity index is 2.24. The summed E-state index contributed by atoms with van der Waals surface area (Å²) in [5, 5.41) is 4.53. The van der Waals surface area contributed by atoms with E-state index in [4.69, 9.17) is 0 Å². The second-order valence-corrected chi connectivity index (χ2v) is 5.37. The number of amidine groups is 1. The zero-order valence-corrected chi connectivity index (χ0v) is 10.9. The number of benzene rings is 1. The van der Waals surface area contributed by atoms with Gasteiger partial charge >= 0.3 is 0 Å². The summed E-state index contributed by atoms with van der Waals surface area (Å²) in [6.45, 7) is 7.39. The van der Waals surface area contributed by atoms with Gasteiger partial charge in [0.05, 0.1) is 0 Å². The van der Waals surface area contributed by atoms with Crippen molar-refractivity contribution in [1.29, 1.82) is 0 Å². The summed E-state index contributed by atoms with van der Waals surface area (Å²) in [6, 6.07) is 4.42. The Morgan fingerprint density at radius 1 is 1.19 bits per heavy atom. The van der Waals surface area contributed by atoms with Crippen LogP contribution in [0.1, 0.15) is 23.1 Å². The molecule has 1 N–H and O–H groups in total. The molecule has 0 saturated carbocycles. The monoisotopic (exact) mass is 234 g/mol. The number of hydrogen-bond acceptors (Lipinski definition) is 3. The molecule has 0 bridgehead atoms. The van der Waals surface area contributed by atoms with E-state index >= 15 is 0 Å². The van der Waals surface area contributed by atoms with Crippen molar-refractivity contribution in [3.8, 4) is 0 Å². The second kappa shape index (κ2) is 4.91. The van der Waals surface area contributed by atoms with Crippen LogP contribution in [-0.2, 0) is 0 Å². The average Bonchev–Trinajstić information content (AvgIpc) is 2.25. The van der Waals surface area contributed by atoms with E-state index in [9.17, 15) is 0 Å². The topological polar surface area (TPSA) is 24.4 Å². The van der Waals surface area contributed by atoms with Crippen LogP contribution >= 0.6 is 11.8 Å². The van der Waals surface area contributed by atoms with Crippen molar-refractivity contribution in [3.63, 3.8) is 0 Å². The highest BCUT2D eigenvalue weighted by atomic mass is 32.2. The summed E-state index contributed by atoms with van der Waals surface area (Å²) in [4.78, 5) is 4.50. The summed E-state index contributed by atoms with van der Waals surface area (Å²) in [5.41, 5.74) is 5.13. The Morgan fingerprint density at radius 2 is 1.88 bits per heavy atom. The van der Waals surface area contributed by atoms with Gasteiger partial charge in [-0.25, -0.2) is 0 Å². The quantitative estimate of drug-likeness (QED) is 0.804. The first kappa shape index (κ1) is 11.5. The molecule has 0 unspecified atom stereocenters. The summed E-state index contributed by atoms with van der Waals surface area (Å²) in [7, 11) is 0. The van der Waals surface area contributed by atoms with Gasteiger partial charge in [-0.1, -0.05) is 29.5 Å². The third-order valence-corrected chi connectivity index (χ3v) is 3.70. The summed E-state index contributed by atoms with van der Waals surface area (Å²) in [6.07, 6.45) is 1.20. The first-order valence-corrected chi connectivity index (χ1v) is 6.67. The Hall–Kier alpha value is -0.960. The van der Waals surface area contributed by atoms with Crippen LogP contribution in [0.3, 0.4) is 0 Å². The van der Waals surface area contributed by atoms with Crippen molar-refractivity contribution in [2.45, 2.75) is 27.2 Å². The minimum absolute atomic E-state index is 0.958. The molecule has 16 heavy (non-hydrogen) atoms. The molecule has 0 saturated heterocycles. The van der Waals surface area contributed by atoms with Gasteiger partial charge in [-0.15, -0.1) is 0 Å². The molecule has 1 aliphatic rings. The van der Waals surface area contributed by atoms with Crippen molar-refractivity contribution in [3.05, 3.63) is 28.8 Å². The lowest BCUT2D eigenvalue weighted by atomic mass is 10.1. The predicted octanol–water partition coefficient (Wildman–Crippen LogP) is 3.52. The van der Waals surface area contributed by atoms with E-state index in [-0.39, 0.29) is 0 Å². The molecule has 1 aliphatic heterocycles. The van der Waals surface area contributed by atoms with Gasteiger partial charge in [0, 0.05) is 18.0 Å². The minimum atomic E-state index is 0.958. The standard InChI is InChI=1S/C13H18N2S/c1-9-7-10(2)12(11(3)8-9)15-13-14-5-4-6-16-13/h7-8H,4-6H2,1-3H3,(H,14,15). The first-order valence-electron chi connectivity index (χ1n) is 5.69. The number of nitrogens with one attached hydrogen (secondary N) is 1. The lowest BCUT2D eigenvalue weighted by Crippen LogP contribution is -2.15. The lowest BCUT2D eigenvalue weighted by molar-refractivity contribution is 0.938. The average molecular weight is 234 g/mol. The normalized spacial score (nSPS) is 15.8. The van der Waals surface area contributed by atoms with E-state index in [1.807, 2.05) is 11.8 Å². The van der Waals surface area contributed by atoms with Crippen LogP contribution in [0.25, 0.3) is 0 Å². The molecule has 0 fully saturated rings. The molecule has 1 aromatic rings. The highest BCUT2D eigenvalue weighted by Gasteiger charge is 2.09. The minimum Gasteiger partial charge on any atom is -0.335 e. The molecule has 0 radical (unpaired) electrons. The summed E-state index contributed by atoms with van der Waals surface area (Å²) in [5.74, 6) is 1.18. The van der Waals surface area contributed by atoms with Crippen LogP contribution in [-0.4, -0.2) is 17.5 Å². The molecule has 3 heteroatoms. The van der Waals surface area contributed by atoms with Crippen molar-refractivity contribution in [2.75, 3.05) is 17.6 Å². The highest BCUT2D eigenvalue weighted by molar-refractivity contribution is 8.14. The van der Waals surface area contributed by atoms with E-state index < -0.39 is 0 Å². The van der Waals surface area contributed by atoms with Crippen LogP contribution in [0.4, 0.5) is 5.69 Å². The van der Waals surface area contributed by atoms with Gasteiger partial charge in [-0.2, -0.15) is 0 Å². The van der Waals surface area contributed by atoms with Crippen LogP contribution < -0.4 is 5.32 Å². The maximum atomic E-state index is 4.50. The molecule has 0 aliphatic carbocycles. The van der Waals surface area contributed by atoms with Crippen molar-refractivity contribution >= 4 is 22.6 Å². The Morgan fingerprint density at radius 3 is 2.44 bits per heavy atom. The Bertz CT molecular complexity index is 401. The molecule has 0 atom stereocenters. The highest BCUT2D eigenvalue weighted by Crippen LogP contribution is 2.24. The van der Waals surface area contributed by atoms with Crippen molar-refractivity contribution < 1.29 is 0 Å². The summed E-state index contributed by atoms with van der Waals surface area (Å²) >= 11 is 1.82. The predicted molar refractivity (Wildman–Crippen MR) is 73.7 cm³/mol. The first-order chi connectivity index (χ1) is 7.66. The van der Waals surface area contributed by atoms with Gasteiger partial charge in [0.15, 0.2) is 5.17 Å². The SMILES string of the molecule is Cc1cc(C)c(NC2=NCCCS2)c(C)c1. The maximum absolute atomic E-state index is 4.50. The Labute approximate surface area is 102 Å². The fourth-order valence-electron chi connectivity index (χ4n) is 2.02. The van der Waals surface area contributed by atoms with E-state index in [1.54, 1.807) is 0 Å². The number of thioether (sulfide) groups is 1. The molecule has 0 spiro atoms. The smallest absolute Gasteiger partial charge is 0.161 e. The molecule has 0 aromatic heterocycles. The van der Waals surface area contributed by atoms with Gasteiger partial charge < -0.3 is 5.32 Å². The molecule has 0 amide bonds. The van der Waals surface area contributed by atoms with Gasteiger partial charge in [-0.3, -0.25) is 4.99 Å². The van der Waals surface area contributed by atoms with Crippen LogP contribution in [0.2, 0.25) is 0 Å². The molecular formula is C13H18N2S. The van der Waals surface area contributed by atoms with E-state index in [2.05, 4.69) is 43.2 Å². The zero-order valence-electron chi connectivity index (χ0n) is 10.1. The van der Waals surface area contributed by atoms with Crippen molar-refractivity contribution in [1.82, 2.24) is 0 Å². The van der Waals surface area contributed by atoms with E-state index in [0.717, 1.165) is 11.7 Å². The number of anilines is 1. The third-order valence-electron chi connectivity index (χ3n) is 2.71. The second-order valence-electron chi connectivity index (χ2n) is 4.29. The molecular weight excluding hydrogens is 216 g/mol. The largest absolute Gasteiger partial charge is 0.335 e. The number of aryl methyl sites for hydroxylation is 3. The number of hydrogen-bond donors (Lipinski definition) is 1. The van der Waals surface area contributed by atoms with Gasteiger partial charge in [-0.05, 0) is 38.3 Å². The van der Waals surface area contributed by atoms with Crippen LogP contribution in [0.5, 0.6) is 0 Å². The third kappa shape index (κ3) is 2.59. The van der Waals surface area contributed by atoms with Crippen molar-refractivity contribution in [2.24, 2.45) is 4.99 Å². The van der Waals surface area contributed by atoms with E-state index in [0.29, 0.717) is 0 Å². The lowest BCUT2D eigenvalue weighted by Gasteiger charge is -2.17. The van der Waals surface area contributed by atoms with E-state index in [1.165, 1.54) is 34.6 Å². The van der Waals surface area contributed by atoms with Crippen LogP contribution in [0, 0.1) is 20.8 Å². The number of aliphatic imine (C=N–C) groups is 1. The molecule has 2 rings (SSSR count). The number of rotatable bonds is 1. The number of nitrogens with zero attached hydrogens (tertiary/aromatic N) is 1. The molecule has 86 valence electrons. The van der Waals surface area contributed by atoms with Gasteiger partial charge in [0.1, 0.15) is 0 Å². The molecule has 1 aromatic carbocycles. The summed E-state index contributed by atoms with van der Waals surface area (Å²) < 4.78 is 0. The fourth-order valence-corrected chi connectivity index (χ4v) is 2.84. The molecule has 2 nitrogen and oxygen atoms in total.